The van der Waals surface area contributed by atoms with Crippen molar-refractivity contribution in [3.8, 4) is 0 Å². The molecule has 1 aliphatic rings. The predicted octanol–water partition coefficient (Wildman–Crippen LogP) is 3.57. The Balaban J connectivity index is 1.98. The van der Waals surface area contributed by atoms with Crippen molar-refractivity contribution in [2.24, 2.45) is 0 Å². The quantitative estimate of drug-likeness (QED) is 0.830. The molecule has 0 heterocycles. The van der Waals surface area contributed by atoms with Crippen molar-refractivity contribution in [3.63, 3.8) is 0 Å². The molecule has 0 atom stereocenters. The van der Waals surface area contributed by atoms with Crippen LogP contribution in [0.3, 0.4) is 0 Å². The fourth-order valence-electron chi connectivity index (χ4n) is 3.16. The van der Waals surface area contributed by atoms with E-state index in [0.717, 1.165) is 37.7 Å². The van der Waals surface area contributed by atoms with Crippen LogP contribution in [0, 0.1) is 6.92 Å². The van der Waals surface area contributed by atoms with E-state index in [2.05, 4.69) is 5.32 Å². The van der Waals surface area contributed by atoms with Gasteiger partial charge in [0.05, 0.1) is 6.26 Å². The summed E-state index contributed by atoms with van der Waals surface area (Å²) in [6, 6.07) is 5.35. The van der Waals surface area contributed by atoms with Crippen LogP contribution in [0.5, 0.6) is 0 Å². The molecule has 134 valence electrons. The zero-order valence-electron chi connectivity index (χ0n) is 14.2. The number of nitrogens with zero attached hydrogens (tertiary/aromatic N) is 1. The summed E-state index contributed by atoms with van der Waals surface area (Å²) in [6.07, 6.45) is 6.36. The summed E-state index contributed by atoms with van der Waals surface area (Å²) in [6.45, 7) is 2.05. The number of carbonyl (C=O) groups excluding carboxylic acids is 1. The number of anilines is 1. The summed E-state index contributed by atoms with van der Waals surface area (Å²) < 4.78 is 25.7. The molecule has 1 aromatic rings. The molecule has 1 saturated carbocycles. The Kier molecular flexibility index (Phi) is 6.66. The molecule has 0 saturated heterocycles. The van der Waals surface area contributed by atoms with E-state index in [9.17, 15) is 13.2 Å². The first kappa shape index (κ1) is 19.2. The molecule has 0 unspecified atom stereocenters. The second-order valence-corrected chi connectivity index (χ2v) is 8.72. The Hall–Kier alpha value is -1.11. The maximum Gasteiger partial charge on any atom is 0.225 e. The zero-order chi connectivity index (χ0) is 17.7. The normalized spacial score (nSPS) is 16.3. The van der Waals surface area contributed by atoms with Crippen molar-refractivity contribution < 1.29 is 13.2 Å². The summed E-state index contributed by atoms with van der Waals surface area (Å²) in [5.41, 5.74) is 1.47. The SMILES string of the molecule is Cc1c(Cl)cccc1NC(=O)CCN(C1CCCCC1)S(C)(=O)=O. The van der Waals surface area contributed by atoms with Gasteiger partial charge in [-0.3, -0.25) is 4.79 Å². The maximum atomic E-state index is 12.2. The molecular formula is C17H25ClN2O3S. The van der Waals surface area contributed by atoms with E-state index >= 15 is 0 Å². The van der Waals surface area contributed by atoms with E-state index in [4.69, 9.17) is 11.6 Å². The van der Waals surface area contributed by atoms with E-state index in [1.807, 2.05) is 6.92 Å². The van der Waals surface area contributed by atoms with Crippen LogP contribution in [0.4, 0.5) is 5.69 Å². The second-order valence-electron chi connectivity index (χ2n) is 6.38. The molecule has 24 heavy (non-hydrogen) atoms. The molecule has 7 heteroatoms. The number of rotatable bonds is 6. The molecular weight excluding hydrogens is 348 g/mol. The highest BCUT2D eigenvalue weighted by atomic mass is 35.5. The van der Waals surface area contributed by atoms with Crippen LogP contribution >= 0.6 is 11.6 Å². The summed E-state index contributed by atoms with van der Waals surface area (Å²) in [5, 5.41) is 3.41. The van der Waals surface area contributed by atoms with Crippen LogP contribution < -0.4 is 5.32 Å². The molecule has 0 spiro atoms. The number of amides is 1. The smallest absolute Gasteiger partial charge is 0.225 e. The Morgan fingerprint density at radius 1 is 1.29 bits per heavy atom. The van der Waals surface area contributed by atoms with Crippen molar-refractivity contribution >= 4 is 33.2 Å². The van der Waals surface area contributed by atoms with Crippen molar-refractivity contribution in [3.05, 3.63) is 28.8 Å². The van der Waals surface area contributed by atoms with Crippen LogP contribution in [0.1, 0.15) is 44.1 Å². The molecule has 5 nitrogen and oxygen atoms in total. The van der Waals surface area contributed by atoms with Crippen LogP contribution in [0.2, 0.25) is 5.02 Å². The first-order valence-electron chi connectivity index (χ1n) is 8.31. The lowest BCUT2D eigenvalue weighted by Gasteiger charge is -2.32. The molecule has 1 fully saturated rings. The summed E-state index contributed by atoms with van der Waals surface area (Å²) >= 11 is 6.05. The molecule has 1 aromatic carbocycles. The number of halogens is 1. The number of hydrogen-bond donors (Lipinski definition) is 1. The summed E-state index contributed by atoms with van der Waals surface area (Å²) in [5.74, 6) is -0.204. The van der Waals surface area contributed by atoms with Gasteiger partial charge in [-0.2, -0.15) is 4.31 Å². The third-order valence-corrected chi connectivity index (χ3v) is 6.25. The van der Waals surface area contributed by atoms with Gasteiger partial charge in [0.15, 0.2) is 0 Å². The van der Waals surface area contributed by atoms with Gasteiger partial charge in [-0.1, -0.05) is 36.9 Å². The van der Waals surface area contributed by atoms with Gasteiger partial charge in [-0.15, -0.1) is 0 Å². The highest BCUT2D eigenvalue weighted by Gasteiger charge is 2.28. The highest BCUT2D eigenvalue weighted by Crippen LogP contribution is 2.25. The van der Waals surface area contributed by atoms with E-state index < -0.39 is 10.0 Å². The molecule has 0 aliphatic heterocycles. The monoisotopic (exact) mass is 372 g/mol. The van der Waals surface area contributed by atoms with E-state index in [1.165, 1.54) is 10.6 Å². The largest absolute Gasteiger partial charge is 0.326 e. The first-order chi connectivity index (χ1) is 11.3. The molecule has 2 rings (SSSR count). The number of benzene rings is 1. The minimum atomic E-state index is -3.32. The lowest BCUT2D eigenvalue weighted by Crippen LogP contribution is -2.42. The summed E-state index contributed by atoms with van der Waals surface area (Å²) in [4.78, 5) is 12.2. The van der Waals surface area contributed by atoms with Gasteiger partial charge in [0.2, 0.25) is 15.9 Å². The third-order valence-electron chi connectivity index (χ3n) is 4.51. The molecule has 1 aliphatic carbocycles. The topological polar surface area (TPSA) is 66.5 Å². The predicted molar refractivity (Wildman–Crippen MR) is 97.9 cm³/mol. The fraction of sp³-hybridized carbons (Fsp3) is 0.588. The third kappa shape index (κ3) is 5.19. The summed E-state index contributed by atoms with van der Waals surface area (Å²) in [7, 11) is -3.32. The average Bonchev–Trinajstić information content (AvgIpc) is 2.52. The Labute approximate surface area is 149 Å². The molecule has 0 aromatic heterocycles. The Morgan fingerprint density at radius 2 is 1.96 bits per heavy atom. The number of nitrogens with one attached hydrogen (secondary N) is 1. The Bertz CT molecular complexity index is 685. The van der Waals surface area contributed by atoms with Gasteiger partial charge in [0, 0.05) is 29.7 Å². The van der Waals surface area contributed by atoms with Crippen molar-refractivity contribution in [2.45, 2.75) is 51.5 Å². The van der Waals surface area contributed by atoms with Gasteiger partial charge < -0.3 is 5.32 Å². The molecule has 1 amide bonds. The standard InChI is InChI=1S/C17H25ClN2O3S/c1-13-15(18)9-6-10-16(13)19-17(21)11-12-20(24(2,22)23)14-7-4-3-5-8-14/h6,9-10,14H,3-5,7-8,11-12H2,1-2H3,(H,19,21). The first-order valence-corrected chi connectivity index (χ1v) is 10.5. The highest BCUT2D eigenvalue weighted by molar-refractivity contribution is 7.88. The van der Waals surface area contributed by atoms with E-state index in [-0.39, 0.29) is 24.9 Å². The van der Waals surface area contributed by atoms with Gasteiger partial charge in [-0.25, -0.2) is 8.42 Å². The van der Waals surface area contributed by atoms with Crippen molar-refractivity contribution in [2.75, 3.05) is 18.1 Å². The van der Waals surface area contributed by atoms with Crippen LogP contribution in [0.15, 0.2) is 18.2 Å². The van der Waals surface area contributed by atoms with Crippen molar-refractivity contribution in [1.82, 2.24) is 4.31 Å². The van der Waals surface area contributed by atoms with E-state index in [1.54, 1.807) is 18.2 Å². The second kappa shape index (κ2) is 8.32. The van der Waals surface area contributed by atoms with Crippen molar-refractivity contribution in [1.29, 1.82) is 0 Å². The van der Waals surface area contributed by atoms with Gasteiger partial charge in [-0.05, 0) is 37.5 Å². The lowest BCUT2D eigenvalue weighted by molar-refractivity contribution is -0.116. The minimum absolute atomic E-state index is 0.0226. The minimum Gasteiger partial charge on any atom is -0.326 e. The zero-order valence-corrected chi connectivity index (χ0v) is 15.8. The number of carbonyl (C=O) groups is 1. The van der Waals surface area contributed by atoms with Crippen LogP contribution in [-0.2, 0) is 14.8 Å². The van der Waals surface area contributed by atoms with E-state index in [0.29, 0.717) is 10.7 Å². The number of hydrogen-bond acceptors (Lipinski definition) is 3. The fourth-order valence-corrected chi connectivity index (χ4v) is 4.51. The number of sulfonamides is 1. The molecule has 0 radical (unpaired) electrons. The molecule has 1 N–H and O–H groups in total. The van der Waals surface area contributed by atoms with Gasteiger partial charge >= 0.3 is 0 Å². The van der Waals surface area contributed by atoms with Crippen LogP contribution in [-0.4, -0.2) is 37.5 Å². The average molecular weight is 373 g/mol. The Morgan fingerprint density at radius 3 is 2.58 bits per heavy atom. The van der Waals surface area contributed by atoms with Crippen LogP contribution in [0.25, 0.3) is 0 Å². The van der Waals surface area contributed by atoms with Gasteiger partial charge in [0.25, 0.3) is 0 Å². The molecule has 0 bridgehead atoms. The van der Waals surface area contributed by atoms with Gasteiger partial charge in [0.1, 0.15) is 0 Å². The lowest BCUT2D eigenvalue weighted by atomic mass is 9.95. The maximum absolute atomic E-state index is 12.2.